The Labute approximate surface area is 158 Å². The summed E-state index contributed by atoms with van der Waals surface area (Å²) in [4.78, 5) is 26.1. The van der Waals surface area contributed by atoms with Crippen LogP contribution in [0.15, 0.2) is 42.5 Å². The minimum absolute atomic E-state index is 0.186. The number of carbonyl (C=O) groups is 2. The van der Waals surface area contributed by atoms with Crippen LogP contribution in [0.4, 0.5) is 5.69 Å². The maximum atomic E-state index is 12.6. The quantitative estimate of drug-likeness (QED) is 0.811. The second kappa shape index (κ2) is 9.25. The molecule has 0 aliphatic heterocycles. The van der Waals surface area contributed by atoms with Gasteiger partial charge in [-0.1, -0.05) is 12.1 Å². The average molecular weight is 367 g/mol. The third kappa shape index (κ3) is 4.76. The van der Waals surface area contributed by atoms with Gasteiger partial charge in [-0.05, 0) is 30.3 Å². The van der Waals surface area contributed by atoms with Crippen molar-refractivity contribution in [1.82, 2.24) is 5.32 Å². The van der Waals surface area contributed by atoms with Crippen LogP contribution in [0.1, 0.15) is 22.8 Å². The van der Waals surface area contributed by atoms with E-state index in [1.807, 2.05) is 6.07 Å². The van der Waals surface area contributed by atoms with Gasteiger partial charge in [0.25, 0.3) is 5.91 Å². The van der Waals surface area contributed by atoms with Crippen LogP contribution in [0.25, 0.3) is 0 Å². The number of nitrogens with zero attached hydrogens (tertiary/aromatic N) is 2. The average Bonchev–Trinajstić information content (AvgIpc) is 2.69. The number of ether oxygens (including phenoxy) is 2. The van der Waals surface area contributed by atoms with E-state index in [1.54, 1.807) is 42.5 Å². The number of benzene rings is 2. The largest absolute Gasteiger partial charge is 0.496 e. The maximum Gasteiger partial charge on any atom is 0.258 e. The molecule has 7 nitrogen and oxygen atoms in total. The highest BCUT2D eigenvalue weighted by Gasteiger charge is 2.19. The van der Waals surface area contributed by atoms with Crippen LogP contribution in [0, 0.1) is 11.3 Å². The highest BCUT2D eigenvalue weighted by atomic mass is 16.5. The zero-order valence-electron chi connectivity index (χ0n) is 15.5. The van der Waals surface area contributed by atoms with Gasteiger partial charge in [-0.15, -0.1) is 0 Å². The van der Waals surface area contributed by atoms with Crippen molar-refractivity contribution in [1.29, 1.82) is 5.26 Å². The number of hydrogen-bond acceptors (Lipinski definition) is 5. The van der Waals surface area contributed by atoms with Crippen LogP contribution < -0.4 is 19.7 Å². The van der Waals surface area contributed by atoms with Crippen molar-refractivity contribution in [3.8, 4) is 17.6 Å². The summed E-state index contributed by atoms with van der Waals surface area (Å²) in [7, 11) is 2.95. The Morgan fingerprint density at radius 1 is 1.11 bits per heavy atom. The minimum atomic E-state index is -0.362. The van der Waals surface area contributed by atoms with E-state index in [2.05, 4.69) is 5.32 Å². The zero-order chi connectivity index (χ0) is 19.8. The van der Waals surface area contributed by atoms with Crippen LogP contribution in [0.2, 0.25) is 0 Å². The van der Waals surface area contributed by atoms with Crippen LogP contribution in [-0.4, -0.2) is 39.1 Å². The Morgan fingerprint density at radius 3 is 2.30 bits per heavy atom. The summed E-state index contributed by atoms with van der Waals surface area (Å²) in [5, 5.41) is 11.8. The molecule has 0 atom stereocenters. The first-order valence-electron chi connectivity index (χ1n) is 8.29. The van der Waals surface area contributed by atoms with Gasteiger partial charge in [0.1, 0.15) is 17.1 Å². The first-order chi connectivity index (χ1) is 13.0. The summed E-state index contributed by atoms with van der Waals surface area (Å²) < 4.78 is 10.5. The summed E-state index contributed by atoms with van der Waals surface area (Å²) in [6.07, 6.45) is 0. The van der Waals surface area contributed by atoms with E-state index in [1.165, 1.54) is 26.0 Å². The van der Waals surface area contributed by atoms with E-state index >= 15 is 0 Å². The van der Waals surface area contributed by atoms with E-state index in [0.29, 0.717) is 28.3 Å². The predicted molar refractivity (Wildman–Crippen MR) is 101 cm³/mol. The van der Waals surface area contributed by atoms with E-state index in [9.17, 15) is 9.59 Å². The summed E-state index contributed by atoms with van der Waals surface area (Å²) in [6.45, 7) is 1.91. The molecule has 140 valence electrons. The molecular weight excluding hydrogens is 346 g/mol. The van der Waals surface area contributed by atoms with Crippen molar-refractivity contribution in [2.75, 3.05) is 32.2 Å². The SMILES string of the molecule is COc1cccc(OC)c1C(=O)NCCN(C(C)=O)c1cccc(C#N)c1. The molecule has 0 heterocycles. The highest BCUT2D eigenvalue weighted by molar-refractivity contribution is 6.00. The number of anilines is 1. The van der Waals surface area contributed by atoms with E-state index in [-0.39, 0.29) is 24.9 Å². The smallest absolute Gasteiger partial charge is 0.258 e. The molecule has 2 amide bonds. The van der Waals surface area contributed by atoms with Crippen molar-refractivity contribution >= 4 is 17.5 Å². The van der Waals surface area contributed by atoms with Crippen molar-refractivity contribution < 1.29 is 19.1 Å². The predicted octanol–water partition coefficient (Wildman–Crippen LogP) is 2.36. The lowest BCUT2D eigenvalue weighted by molar-refractivity contribution is -0.116. The highest BCUT2D eigenvalue weighted by Crippen LogP contribution is 2.27. The fourth-order valence-corrected chi connectivity index (χ4v) is 2.66. The Kier molecular flexibility index (Phi) is 6.78. The Balaban J connectivity index is 2.11. The normalized spacial score (nSPS) is 9.85. The molecule has 2 aromatic rings. The van der Waals surface area contributed by atoms with Crippen LogP contribution >= 0.6 is 0 Å². The molecule has 2 rings (SSSR count). The lowest BCUT2D eigenvalue weighted by atomic mass is 10.1. The fraction of sp³-hybridized carbons (Fsp3) is 0.250. The number of methoxy groups -OCH3 is 2. The molecule has 27 heavy (non-hydrogen) atoms. The van der Waals surface area contributed by atoms with Gasteiger partial charge >= 0.3 is 0 Å². The molecule has 7 heteroatoms. The molecule has 0 unspecified atom stereocenters. The van der Waals surface area contributed by atoms with Crippen LogP contribution in [0.5, 0.6) is 11.5 Å². The van der Waals surface area contributed by atoms with Crippen molar-refractivity contribution in [3.63, 3.8) is 0 Å². The summed E-state index contributed by atoms with van der Waals surface area (Å²) in [5.74, 6) is 0.252. The third-order valence-corrected chi connectivity index (χ3v) is 3.94. The first-order valence-corrected chi connectivity index (χ1v) is 8.29. The Hall–Kier alpha value is -3.53. The van der Waals surface area contributed by atoms with Crippen LogP contribution in [0.3, 0.4) is 0 Å². The molecule has 0 saturated heterocycles. The van der Waals surface area contributed by atoms with Gasteiger partial charge in [0, 0.05) is 25.7 Å². The second-order valence-corrected chi connectivity index (χ2v) is 5.63. The second-order valence-electron chi connectivity index (χ2n) is 5.63. The van der Waals surface area contributed by atoms with Gasteiger partial charge in [0.15, 0.2) is 0 Å². The van der Waals surface area contributed by atoms with Gasteiger partial charge in [-0.3, -0.25) is 9.59 Å². The van der Waals surface area contributed by atoms with Crippen molar-refractivity contribution in [2.45, 2.75) is 6.92 Å². The van der Waals surface area contributed by atoms with Gasteiger partial charge in [-0.25, -0.2) is 0 Å². The molecule has 0 aliphatic rings. The first kappa shape index (κ1) is 19.8. The Morgan fingerprint density at radius 2 is 1.74 bits per heavy atom. The topological polar surface area (TPSA) is 91.7 Å². The summed E-state index contributed by atoms with van der Waals surface area (Å²) >= 11 is 0. The number of rotatable bonds is 7. The lowest BCUT2D eigenvalue weighted by Gasteiger charge is -2.22. The molecule has 0 fully saturated rings. The van der Waals surface area contributed by atoms with Crippen molar-refractivity contribution in [3.05, 3.63) is 53.6 Å². The monoisotopic (exact) mass is 367 g/mol. The van der Waals surface area contributed by atoms with Gasteiger partial charge in [0.05, 0.1) is 25.9 Å². The number of hydrogen-bond donors (Lipinski definition) is 1. The van der Waals surface area contributed by atoms with E-state index in [4.69, 9.17) is 14.7 Å². The van der Waals surface area contributed by atoms with E-state index < -0.39 is 0 Å². The number of carbonyl (C=O) groups excluding carboxylic acids is 2. The molecular formula is C20H21N3O4. The molecule has 0 aliphatic carbocycles. The molecule has 0 bridgehead atoms. The van der Waals surface area contributed by atoms with Crippen molar-refractivity contribution in [2.24, 2.45) is 0 Å². The number of nitriles is 1. The molecule has 0 spiro atoms. The lowest BCUT2D eigenvalue weighted by Crippen LogP contribution is -2.37. The Bertz CT molecular complexity index is 852. The minimum Gasteiger partial charge on any atom is -0.496 e. The maximum absolute atomic E-state index is 12.6. The third-order valence-electron chi connectivity index (χ3n) is 3.94. The summed E-state index contributed by atoms with van der Waals surface area (Å²) in [6, 6.07) is 13.9. The number of amides is 2. The molecule has 0 aromatic heterocycles. The molecule has 1 N–H and O–H groups in total. The molecule has 2 aromatic carbocycles. The standard InChI is InChI=1S/C20H21N3O4/c1-14(24)23(16-7-4-6-15(12-16)13-21)11-10-22-20(25)19-17(26-2)8-5-9-18(19)27-3/h4-9,12H,10-11H2,1-3H3,(H,22,25). The van der Waals surface area contributed by atoms with E-state index in [0.717, 1.165) is 0 Å². The van der Waals surface area contributed by atoms with Crippen LogP contribution in [-0.2, 0) is 4.79 Å². The van der Waals surface area contributed by atoms with Gasteiger partial charge in [-0.2, -0.15) is 5.26 Å². The fourth-order valence-electron chi connectivity index (χ4n) is 2.66. The van der Waals surface area contributed by atoms with Gasteiger partial charge in [0.2, 0.25) is 5.91 Å². The molecule has 0 saturated carbocycles. The summed E-state index contributed by atoms with van der Waals surface area (Å²) in [5.41, 5.74) is 1.36. The zero-order valence-corrected chi connectivity index (χ0v) is 15.5. The van der Waals surface area contributed by atoms with Gasteiger partial charge < -0.3 is 19.7 Å². The number of nitrogens with one attached hydrogen (secondary N) is 1. The molecule has 0 radical (unpaired) electrons.